The monoisotopic (exact) mass is 543 g/mol. The molecule has 0 fully saturated rings. The maximum atomic E-state index is 13.0. The Morgan fingerprint density at radius 2 is 1.85 bits per heavy atom. The fraction of sp³-hybridized carbons (Fsp3) is 0.211. The summed E-state index contributed by atoms with van der Waals surface area (Å²) in [6, 6.07) is 11.2. The third-order valence-corrected chi connectivity index (χ3v) is 5.29. The van der Waals surface area contributed by atoms with Crippen molar-refractivity contribution >= 4 is 27.5 Å². The summed E-state index contributed by atoms with van der Waals surface area (Å²) < 4.78 is 42.3. The van der Waals surface area contributed by atoms with Crippen LogP contribution in [0.15, 0.2) is 58.2 Å². The normalized spacial score (nSPS) is 12.8. The molecule has 0 aliphatic rings. The molecule has 0 unspecified atom stereocenters. The number of nitrogens with zero attached hydrogens (tertiary/aromatic N) is 7. The smallest absolute Gasteiger partial charge is 0.382 e. The van der Waals surface area contributed by atoms with Crippen molar-refractivity contribution in [2.45, 2.75) is 25.4 Å². The van der Waals surface area contributed by atoms with Gasteiger partial charge in [-0.25, -0.2) is 19.4 Å². The highest BCUT2D eigenvalue weighted by Crippen LogP contribution is 2.24. The Kier molecular flexibility index (Phi) is 6.36. The van der Waals surface area contributed by atoms with Crippen LogP contribution in [0.25, 0.3) is 17.2 Å². The van der Waals surface area contributed by atoms with Gasteiger partial charge in [-0.2, -0.15) is 17.9 Å². The maximum Gasteiger partial charge on any atom is 0.416 e. The van der Waals surface area contributed by atoms with Gasteiger partial charge in [-0.05, 0) is 52.3 Å². The fourth-order valence-electron chi connectivity index (χ4n) is 2.96. The Bertz CT molecular complexity index is 1320. The van der Waals surface area contributed by atoms with Crippen molar-refractivity contribution in [2.24, 2.45) is 0 Å². The van der Waals surface area contributed by atoms with Crippen LogP contribution in [0.5, 0.6) is 0 Å². The fourth-order valence-corrected chi connectivity index (χ4v) is 3.55. The summed E-state index contributed by atoms with van der Waals surface area (Å²) >= 11 is 9.15. The van der Waals surface area contributed by atoms with Gasteiger partial charge in [0.1, 0.15) is 6.54 Å². The zero-order chi connectivity index (χ0) is 23.8. The van der Waals surface area contributed by atoms with Crippen molar-refractivity contribution in [2.75, 3.05) is 0 Å². The Hall–Kier alpha value is -3.03. The molecule has 0 aliphatic carbocycles. The molecule has 0 spiro atoms. The van der Waals surface area contributed by atoms with Crippen LogP contribution in [0.2, 0.25) is 5.02 Å². The first-order valence-electron chi connectivity index (χ1n) is 9.34. The molecule has 172 valence electrons. The Balaban J connectivity index is 1.73. The van der Waals surface area contributed by atoms with Gasteiger partial charge < -0.3 is 5.11 Å². The highest BCUT2D eigenvalue weighted by atomic mass is 79.9. The molecular weight excluding hydrogens is 531 g/mol. The Morgan fingerprint density at radius 1 is 1.12 bits per heavy atom. The lowest BCUT2D eigenvalue weighted by molar-refractivity contribution is -0.207. The number of hydrogen-bond acceptors (Lipinski definition) is 6. The van der Waals surface area contributed by atoms with E-state index in [1.54, 1.807) is 24.4 Å². The van der Waals surface area contributed by atoms with Crippen LogP contribution in [0, 0.1) is 0 Å². The minimum absolute atomic E-state index is 0.0665. The number of alkyl halides is 3. The summed E-state index contributed by atoms with van der Waals surface area (Å²) in [6.07, 6.45) is -6.10. The molecule has 3 aromatic heterocycles. The molecule has 9 nitrogen and oxygen atoms in total. The first-order valence-corrected chi connectivity index (χ1v) is 10.5. The number of aliphatic hydroxyl groups excluding tert-OH is 1. The molecule has 3 heterocycles. The lowest BCUT2D eigenvalue weighted by Gasteiger charge is -2.15. The van der Waals surface area contributed by atoms with Gasteiger partial charge in [-0.15, -0.1) is 10.2 Å². The van der Waals surface area contributed by atoms with Crippen LogP contribution in [0.4, 0.5) is 13.2 Å². The van der Waals surface area contributed by atoms with E-state index in [1.165, 1.54) is 28.9 Å². The molecule has 0 saturated heterocycles. The Morgan fingerprint density at radius 3 is 2.48 bits per heavy atom. The molecule has 0 radical (unpaired) electrons. The quantitative estimate of drug-likeness (QED) is 0.400. The third-order valence-electron chi connectivity index (χ3n) is 4.53. The second kappa shape index (κ2) is 9.08. The van der Waals surface area contributed by atoms with E-state index in [4.69, 9.17) is 11.6 Å². The summed E-state index contributed by atoms with van der Waals surface area (Å²) in [5.74, 6) is 0.567. The maximum absolute atomic E-state index is 13.0. The van der Waals surface area contributed by atoms with Crippen LogP contribution in [-0.4, -0.2) is 51.5 Å². The first kappa shape index (κ1) is 23.1. The average Bonchev–Trinajstić information content (AvgIpc) is 3.29. The van der Waals surface area contributed by atoms with Crippen molar-refractivity contribution in [3.05, 3.63) is 74.7 Å². The molecule has 1 N–H and O–H groups in total. The van der Waals surface area contributed by atoms with E-state index in [2.05, 4.69) is 36.1 Å². The van der Waals surface area contributed by atoms with Crippen LogP contribution in [-0.2, 0) is 13.1 Å². The van der Waals surface area contributed by atoms with Gasteiger partial charge in [-0.1, -0.05) is 17.7 Å². The Labute approximate surface area is 197 Å². The number of aliphatic hydroxyl groups is 1. The van der Waals surface area contributed by atoms with Crippen LogP contribution in [0.3, 0.4) is 0 Å². The van der Waals surface area contributed by atoms with Gasteiger partial charge >= 0.3 is 11.9 Å². The molecule has 0 bridgehead atoms. The largest absolute Gasteiger partial charge is 0.416 e. The zero-order valence-electron chi connectivity index (χ0n) is 16.5. The van der Waals surface area contributed by atoms with Gasteiger partial charge in [0, 0.05) is 16.8 Å². The summed E-state index contributed by atoms with van der Waals surface area (Å²) in [5, 5.41) is 18.4. The second-order valence-corrected chi connectivity index (χ2v) is 7.98. The van der Waals surface area contributed by atoms with Gasteiger partial charge in [-0.3, -0.25) is 4.57 Å². The lowest BCUT2D eigenvalue weighted by Crippen LogP contribution is -2.37. The number of halogens is 5. The van der Waals surface area contributed by atoms with E-state index in [1.807, 2.05) is 0 Å². The third kappa shape index (κ3) is 4.99. The average molecular weight is 545 g/mol. The predicted molar refractivity (Wildman–Crippen MR) is 115 cm³/mol. The SMILES string of the molecule is O=c1n(Cc2nc(Br)n(-c3ccccn3)n2)nc(-c2ccc(Cl)cc2)n1C[C@H](O)C(F)(F)F. The topological polar surface area (TPSA) is 104 Å². The summed E-state index contributed by atoms with van der Waals surface area (Å²) in [4.78, 5) is 21.3. The van der Waals surface area contributed by atoms with E-state index >= 15 is 0 Å². The highest BCUT2D eigenvalue weighted by molar-refractivity contribution is 9.10. The van der Waals surface area contributed by atoms with Crippen LogP contribution >= 0.6 is 27.5 Å². The molecule has 0 aliphatic heterocycles. The van der Waals surface area contributed by atoms with Crippen LogP contribution < -0.4 is 5.69 Å². The van der Waals surface area contributed by atoms with E-state index < -0.39 is 24.5 Å². The molecule has 4 aromatic rings. The molecule has 1 aromatic carbocycles. The van der Waals surface area contributed by atoms with Crippen molar-refractivity contribution in [3.63, 3.8) is 0 Å². The van der Waals surface area contributed by atoms with Gasteiger partial charge in [0.15, 0.2) is 23.6 Å². The zero-order valence-corrected chi connectivity index (χ0v) is 18.8. The standard InChI is InChI=1S/C19H14BrClF3N7O2/c20-17-26-14(27-31(17)15-3-1-2-8-25-15)10-30-18(33)29(9-13(32)19(22,23)24)16(28-30)11-4-6-12(21)7-5-11/h1-8,13,32H,9-10H2/t13-/m0/s1. The van der Waals surface area contributed by atoms with Crippen LogP contribution in [0.1, 0.15) is 5.82 Å². The lowest BCUT2D eigenvalue weighted by atomic mass is 10.2. The minimum atomic E-state index is -4.91. The number of benzene rings is 1. The van der Waals surface area contributed by atoms with E-state index in [0.29, 0.717) is 21.1 Å². The number of aromatic nitrogens is 7. The molecule has 0 amide bonds. The number of rotatable bonds is 6. The summed E-state index contributed by atoms with van der Waals surface area (Å²) in [7, 11) is 0. The van der Waals surface area contributed by atoms with E-state index in [9.17, 15) is 23.1 Å². The van der Waals surface area contributed by atoms with Crippen molar-refractivity contribution in [1.29, 1.82) is 0 Å². The van der Waals surface area contributed by atoms with Gasteiger partial charge in [0.25, 0.3) is 0 Å². The summed E-state index contributed by atoms with van der Waals surface area (Å²) in [6.45, 7) is -1.26. The minimum Gasteiger partial charge on any atom is -0.382 e. The molecule has 1 atom stereocenters. The molecule has 14 heteroatoms. The van der Waals surface area contributed by atoms with Gasteiger partial charge in [0.05, 0.1) is 6.54 Å². The van der Waals surface area contributed by atoms with Crippen molar-refractivity contribution < 1.29 is 18.3 Å². The highest BCUT2D eigenvalue weighted by Gasteiger charge is 2.39. The summed E-state index contributed by atoms with van der Waals surface area (Å²) in [5.41, 5.74) is -0.522. The molecular formula is C19H14BrClF3N7O2. The van der Waals surface area contributed by atoms with Crippen molar-refractivity contribution in [3.8, 4) is 17.2 Å². The van der Waals surface area contributed by atoms with Gasteiger partial charge in [0.2, 0.25) is 4.73 Å². The first-order chi connectivity index (χ1) is 15.6. The predicted octanol–water partition coefficient (Wildman–Crippen LogP) is 3.07. The number of hydrogen-bond donors (Lipinski definition) is 1. The second-order valence-electron chi connectivity index (χ2n) is 6.84. The van der Waals surface area contributed by atoms with Crippen molar-refractivity contribution in [1.82, 2.24) is 34.1 Å². The molecule has 33 heavy (non-hydrogen) atoms. The molecule has 0 saturated carbocycles. The van der Waals surface area contributed by atoms with E-state index in [-0.39, 0.29) is 18.2 Å². The number of pyridine rings is 1. The van der Waals surface area contributed by atoms with E-state index in [0.717, 1.165) is 9.25 Å². The molecule has 4 rings (SSSR count).